The van der Waals surface area contributed by atoms with Crippen LogP contribution in [0.3, 0.4) is 0 Å². The summed E-state index contributed by atoms with van der Waals surface area (Å²) in [6, 6.07) is 9.69. The average Bonchev–Trinajstić information content (AvgIpc) is 3.66. The molecule has 6 aliphatic rings. The zero-order chi connectivity index (χ0) is 24.0. The second-order valence-electron chi connectivity index (χ2n) is 14.6. The fourth-order valence-corrected chi connectivity index (χ4v) is 9.47. The minimum absolute atomic E-state index is 0.0791. The number of rotatable bonds is 2. The summed E-state index contributed by atoms with van der Waals surface area (Å²) in [6.45, 7) is 8.12. The molecular weight excluding hydrogens is 428 g/mol. The Hall–Kier alpha value is -1.12. The first kappa shape index (κ1) is 23.0. The summed E-state index contributed by atoms with van der Waals surface area (Å²) in [5.74, 6) is 3.39. The Kier molecular flexibility index (Phi) is 5.22. The van der Waals surface area contributed by atoms with Gasteiger partial charge in [-0.25, -0.2) is 0 Å². The van der Waals surface area contributed by atoms with Gasteiger partial charge in [0.25, 0.3) is 0 Å². The Morgan fingerprint density at radius 1 is 0.857 bits per heavy atom. The highest BCUT2D eigenvalue weighted by molar-refractivity contribution is 5.42. The number of ether oxygens (including phenoxy) is 1. The Bertz CT molecular complexity index is 1020. The van der Waals surface area contributed by atoms with Crippen LogP contribution >= 0.6 is 0 Å². The van der Waals surface area contributed by atoms with E-state index in [4.69, 9.17) is 4.74 Å². The van der Waals surface area contributed by atoms with Crippen LogP contribution < -0.4 is 0 Å². The molecule has 2 heteroatoms. The van der Waals surface area contributed by atoms with Crippen LogP contribution in [0.2, 0.25) is 0 Å². The van der Waals surface area contributed by atoms with Crippen molar-refractivity contribution in [3.8, 4) is 0 Å². The van der Waals surface area contributed by atoms with Gasteiger partial charge in [-0.3, -0.25) is 0 Å². The van der Waals surface area contributed by atoms with Crippen molar-refractivity contribution in [2.45, 2.75) is 121 Å². The van der Waals surface area contributed by atoms with Crippen molar-refractivity contribution in [3.63, 3.8) is 0 Å². The van der Waals surface area contributed by atoms with Gasteiger partial charge < -0.3 is 9.84 Å². The average molecular weight is 475 g/mol. The first-order valence-electron chi connectivity index (χ1n) is 14.9. The molecule has 35 heavy (non-hydrogen) atoms. The Labute approximate surface area is 212 Å². The molecule has 1 aliphatic heterocycles. The molecule has 1 heterocycles. The van der Waals surface area contributed by atoms with Crippen LogP contribution in [0.5, 0.6) is 0 Å². The Morgan fingerprint density at radius 3 is 2.43 bits per heavy atom. The van der Waals surface area contributed by atoms with Gasteiger partial charge in [0.05, 0.1) is 18.3 Å². The second-order valence-corrected chi connectivity index (χ2v) is 14.6. The molecule has 7 atom stereocenters. The van der Waals surface area contributed by atoms with Crippen molar-refractivity contribution in [3.05, 3.63) is 46.5 Å². The highest BCUT2D eigenvalue weighted by Gasteiger charge is 2.57. The molecule has 4 saturated carbocycles. The highest BCUT2D eigenvalue weighted by atomic mass is 16.5. The Morgan fingerprint density at radius 2 is 1.66 bits per heavy atom. The summed E-state index contributed by atoms with van der Waals surface area (Å²) in [5.41, 5.74) is 7.37. The van der Waals surface area contributed by atoms with Crippen LogP contribution in [0.15, 0.2) is 35.4 Å². The zero-order valence-corrected chi connectivity index (χ0v) is 22.3. The van der Waals surface area contributed by atoms with Crippen LogP contribution in [0.4, 0.5) is 0 Å². The quantitative estimate of drug-likeness (QED) is 0.441. The first-order valence-corrected chi connectivity index (χ1v) is 14.9. The maximum absolute atomic E-state index is 11.2. The van der Waals surface area contributed by atoms with E-state index >= 15 is 0 Å². The fourth-order valence-electron chi connectivity index (χ4n) is 9.47. The lowest BCUT2D eigenvalue weighted by Crippen LogP contribution is -2.49. The van der Waals surface area contributed by atoms with Crippen molar-refractivity contribution in [1.82, 2.24) is 0 Å². The third-order valence-electron chi connectivity index (χ3n) is 11.8. The van der Waals surface area contributed by atoms with E-state index < -0.39 is 0 Å². The zero-order valence-electron chi connectivity index (χ0n) is 22.3. The largest absolute Gasteiger partial charge is 0.393 e. The van der Waals surface area contributed by atoms with Gasteiger partial charge in [-0.2, -0.15) is 0 Å². The van der Waals surface area contributed by atoms with Crippen molar-refractivity contribution < 1.29 is 9.84 Å². The third-order valence-corrected chi connectivity index (χ3v) is 11.8. The van der Waals surface area contributed by atoms with Gasteiger partial charge in [0.2, 0.25) is 0 Å². The second kappa shape index (κ2) is 7.94. The molecule has 1 saturated heterocycles. The van der Waals surface area contributed by atoms with Gasteiger partial charge >= 0.3 is 0 Å². The number of hydrogen-bond donors (Lipinski definition) is 1. The highest BCUT2D eigenvalue weighted by Crippen LogP contribution is 2.65. The molecule has 1 spiro atoms. The summed E-state index contributed by atoms with van der Waals surface area (Å²) in [6.07, 6.45) is 14.9. The van der Waals surface area contributed by atoms with E-state index in [0.717, 1.165) is 31.3 Å². The molecule has 7 rings (SSSR count). The van der Waals surface area contributed by atoms with Gasteiger partial charge in [0, 0.05) is 5.92 Å². The van der Waals surface area contributed by atoms with Crippen molar-refractivity contribution in [2.24, 2.45) is 28.6 Å². The smallest absolute Gasteiger partial charge is 0.0691 e. The van der Waals surface area contributed by atoms with E-state index in [1.54, 1.807) is 11.1 Å². The lowest BCUT2D eigenvalue weighted by Gasteiger charge is -2.55. The van der Waals surface area contributed by atoms with E-state index in [1.165, 1.54) is 64.2 Å². The standard InChI is InChI=1S/C33H46O2/c1-31(2)15-16-33(35-20-31)14-13-25-24(18-33)9-10-26-28-11-12-29(34)32(28,3)19-27(30(25)26)23-6-4-5-22(17-23)21-7-8-21/h4-6,17,21,24,26-29,34H,7-16,18-20H2,1-3H3. The molecule has 190 valence electrons. The third kappa shape index (κ3) is 3.71. The molecule has 0 bridgehead atoms. The van der Waals surface area contributed by atoms with Gasteiger partial charge in [-0.05, 0) is 123 Å². The number of benzene rings is 1. The van der Waals surface area contributed by atoms with Gasteiger partial charge in [0.1, 0.15) is 0 Å². The molecule has 0 aromatic heterocycles. The summed E-state index contributed by atoms with van der Waals surface area (Å²) < 4.78 is 6.71. The van der Waals surface area contributed by atoms with Crippen molar-refractivity contribution >= 4 is 0 Å². The molecule has 1 N–H and O–H groups in total. The molecular formula is C33H46O2. The molecule has 0 radical (unpaired) electrons. The van der Waals surface area contributed by atoms with Crippen LogP contribution in [-0.2, 0) is 4.74 Å². The van der Waals surface area contributed by atoms with Crippen molar-refractivity contribution in [1.29, 1.82) is 0 Å². The topological polar surface area (TPSA) is 29.5 Å². The molecule has 2 nitrogen and oxygen atoms in total. The van der Waals surface area contributed by atoms with Gasteiger partial charge in [-0.1, -0.05) is 56.2 Å². The summed E-state index contributed by atoms with van der Waals surface area (Å²) in [5, 5.41) is 11.2. The minimum atomic E-state index is -0.125. The number of allylic oxidation sites excluding steroid dienone is 2. The van der Waals surface area contributed by atoms with Gasteiger partial charge in [-0.15, -0.1) is 0 Å². The van der Waals surface area contributed by atoms with E-state index in [9.17, 15) is 5.11 Å². The molecule has 0 amide bonds. The van der Waals surface area contributed by atoms with Crippen LogP contribution in [0.1, 0.15) is 121 Å². The molecule has 5 aliphatic carbocycles. The van der Waals surface area contributed by atoms with Gasteiger partial charge in [0.15, 0.2) is 0 Å². The first-order chi connectivity index (χ1) is 16.8. The maximum atomic E-state index is 11.2. The molecule has 5 fully saturated rings. The van der Waals surface area contributed by atoms with E-state index in [2.05, 4.69) is 45.0 Å². The Balaban J connectivity index is 1.27. The van der Waals surface area contributed by atoms with E-state index in [1.807, 2.05) is 11.1 Å². The minimum Gasteiger partial charge on any atom is -0.393 e. The van der Waals surface area contributed by atoms with Crippen LogP contribution in [0.25, 0.3) is 0 Å². The lowest BCUT2D eigenvalue weighted by molar-refractivity contribution is -0.144. The molecule has 7 unspecified atom stereocenters. The van der Waals surface area contributed by atoms with Crippen LogP contribution in [-0.4, -0.2) is 23.4 Å². The predicted molar refractivity (Wildman–Crippen MR) is 141 cm³/mol. The summed E-state index contributed by atoms with van der Waals surface area (Å²) in [4.78, 5) is 0. The number of aliphatic hydroxyl groups is 1. The number of fused-ring (bicyclic) bond motifs is 4. The summed E-state index contributed by atoms with van der Waals surface area (Å²) in [7, 11) is 0. The number of aliphatic hydroxyl groups excluding tert-OH is 1. The van der Waals surface area contributed by atoms with Crippen LogP contribution in [0, 0.1) is 28.6 Å². The fraction of sp³-hybridized carbons (Fsp3) is 0.758. The maximum Gasteiger partial charge on any atom is 0.0691 e. The summed E-state index contributed by atoms with van der Waals surface area (Å²) >= 11 is 0. The van der Waals surface area contributed by atoms with E-state index in [0.29, 0.717) is 23.2 Å². The molecule has 1 aromatic rings. The normalized spacial score (nSPS) is 44.6. The van der Waals surface area contributed by atoms with Crippen molar-refractivity contribution in [2.75, 3.05) is 6.61 Å². The molecule has 1 aromatic carbocycles. The lowest BCUT2D eigenvalue weighted by atomic mass is 9.51. The number of hydrogen-bond acceptors (Lipinski definition) is 2. The SMILES string of the molecule is CC1(C)CCC2(CCC3=C4C(c5cccc(C6CC6)c5)CC5(C)C(O)CCC5C4CCC3C2)OC1. The van der Waals surface area contributed by atoms with E-state index in [-0.39, 0.29) is 17.1 Å². The monoisotopic (exact) mass is 474 g/mol. The predicted octanol–water partition coefficient (Wildman–Crippen LogP) is 7.91.